The molecule has 0 radical (unpaired) electrons. The molecule has 1 rings (SSSR count). The highest BCUT2D eigenvalue weighted by Gasteiger charge is 1.95. The largest absolute Gasteiger partial charge is 0.381 e. The number of aromatic amines is 1. The molecule has 1 aromatic heterocycles. The van der Waals surface area contributed by atoms with Gasteiger partial charge in [0.2, 0.25) is 0 Å². The van der Waals surface area contributed by atoms with Gasteiger partial charge >= 0.3 is 0 Å². The molecule has 0 amide bonds. The van der Waals surface area contributed by atoms with Crippen molar-refractivity contribution in [1.29, 1.82) is 0 Å². The van der Waals surface area contributed by atoms with Gasteiger partial charge in [0, 0.05) is 19.2 Å². The Morgan fingerprint density at radius 2 is 2.40 bits per heavy atom. The number of hydrogen-bond acceptors (Lipinski definition) is 4. The van der Waals surface area contributed by atoms with Crippen molar-refractivity contribution in [2.24, 2.45) is 5.92 Å². The maximum absolute atomic E-state index is 10.9. The third-order valence-corrected chi connectivity index (χ3v) is 1.69. The van der Waals surface area contributed by atoms with Crippen LogP contribution in [0.3, 0.4) is 0 Å². The Bertz CT molecular complexity index is 335. The molecule has 0 aliphatic carbocycles. The minimum atomic E-state index is -0.205. The number of nitrogens with one attached hydrogen (secondary N) is 2. The van der Waals surface area contributed by atoms with Gasteiger partial charge in [-0.3, -0.25) is 4.79 Å². The average molecular weight is 211 g/mol. The van der Waals surface area contributed by atoms with E-state index in [-0.39, 0.29) is 5.56 Å². The van der Waals surface area contributed by atoms with Crippen LogP contribution in [0.2, 0.25) is 0 Å². The standard InChI is InChI=1S/C10H17N3O2/c1-8(2)7-15-4-3-11-9-5-10(14)13-12-6-9/h5-6,8H,3-4,7H2,1-2H3,(H2,11,13,14). The van der Waals surface area contributed by atoms with Gasteiger partial charge in [-0.15, -0.1) is 0 Å². The number of hydrogen-bond donors (Lipinski definition) is 2. The van der Waals surface area contributed by atoms with Crippen LogP contribution in [0.15, 0.2) is 17.1 Å². The molecule has 0 bridgehead atoms. The SMILES string of the molecule is CC(C)COCCNc1cn[nH]c(=O)c1. The van der Waals surface area contributed by atoms with Gasteiger partial charge in [0.25, 0.3) is 5.56 Å². The van der Waals surface area contributed by atoms with Crippen molar-refractivity contribution in [2.75, 3.05) is 25.1 Å². The first kappa shape index (κ1) is 11.7. The van der Waals surface area contributed by atoms with Crippen molar-refractivity contribution in [3.8, 4) is 0 Å². The molecule has 5 nitrogen and oxygen atoms in total. The number of anilines is 1. The fraction of sp³-hybridized carbons (Fsp3) is 0.600. The molecule has 0 aliphatic rings. The third-order valence-electron chi connectivity index (χ3n) is 1.69. The lowest BCUT2D eigenvalue weighted by molar-refractivity contribution is 0.118. The maximum atomic E-state index is 10.9. The highest BCUT2D eigenvalue weighted by atomic mass is 16.5. The highest BCUT2D eigenvalue weighted by Crippen LogP contribution is 1.97. The maximum Gasteiger partial charge on any atom is 0.266 e. The zero-order valence-electron chi connectivity index (χ0n) is 9.12. The van der Waals surface area contributed by atoms with E-state index in [0.717, 1.165) is 6.61 Å². The van der Waals surface area contributed by atoms with Crippen molar-refractivity contribution in [1.82, 2.24) is 10.2 Å². The number of nitrogens with zero attached hydrogens (tertiary/aromatic N) is 1. The number of aromatic nitrogens is 2. The lowest BCUT2D eigenvalue weighted by Gasteiger charge is -2.08. The minimum Gasteiger partial charge on any atom is -0.381 e. The van der Waals surface area contributed by atoms with Crippen LogP contribution >= 0.6 is 0 Å². The number of ether oxygens (including phenoxy) is 1. The van der Waals surface area contributed by atoms with E-state index in [2.05, 4.69) is 29.4 Å². The van der Waals surface area contributed by atoms with Crippen molar-refractivity contribution in [3.63, 3.8) is 0 Å². The Hall–Kier alpha value is -1.36. The topological polar surface area (TPSA) is 67.0 Å². The highest BCUT2D eigenvalue weighted by molar-refractivity contribution is 5.38. The first-order chi connectivity index (χ1) is 7.18. The van der Waals surface area contributed by atoms with E-state index >= 15 is 0 Å². The van der Waals surface area contributed by atoms with Crippen molar-refractivity contribution in [3.05, 3.63) is 22.6 Å². The van der Waals surface area contributed by atoms with Crippen molar-refractivity contribution < 1.29 is 4.74 Å². The van der Waals surface area contributed by atoms with Crippen LogP contribution in [0.4, 0.5) is 5.69 Å². The Kier molecular flexibility index (Phi) is 4.83. The van der Waals surface area contributed by atoms with E-state index in [9.17, 15) is 4.79 Å². The van der Waals surface area contributed by atoms with E-state index in [1.807, 2.05) is 0 Å². The molecule has 5 heteroatoms. The molecule has 1 aromatic rings. The van der Waals surface area contributed by atoms with Gasteiger partial charge in [0.05, 0.1) is 18.5 Å². The summed E-state index contributed by atoms with van der Waals surface area (Å²) in [5.41, 5.74) is 0.509. The van der Waals surface area contributed by atoms with Crippen molar-refractivity contribution in [2.45, 2.75) is 13.8 Å². The van der Waals surface area contributed by atoms with Gasteiger partial charge in [-0.1, -0.05) is 13.8 Å². The summed E-state index contributed by atoms with van der Waals surface area (Å²) < 4.78 is 5.38. The molecule has 0 aromatic carbocycles. The zero-order valence-corrected chi connectivity index (χ0v) is 9.12. The van der Waals surface area contributed by atoms with Gasteiger partial charge in [0.15, 0.2) is 0 Å². The van der Waals surface area contributed by atoms with E-state index in [0.29, 0.717) is 24.8 Å². The summed E-state index contributed by atoms with van der Waals surface area (Å²) in [5.74, 6) is 0.547. The quantitative estimate of drug-likeness (QED) is 0.685. The lowest BCUT2D eigenvalue weighted by atomic mass is 10.2. The van der Waals surface area contributed by atoms with Crippen LogP contribution in [0.25, 0.3) is 0 Å². The van der Waals surface area contributed by atoms with Gasteiger partial charge in [0.1, 0.15) is 0 Å². The minimum absolute atomic E-state index is 0.205. The Morgan fingerprint density at radius 3 is 3.07 bits per heavy atom. The second-order valence-corrected chi connectivity index (χ2v) is 3.73. The summed E-state index contributed by atoms with van der Waals surface area (Å²) in [7, 11) is 0. The summed E-state index contributed by atoms with van der Waals surface area (Å²) in [6.45, 7) is 6.28. The zero-order chi connectivity index (χ0) is 11.1. The molecule has 0 saturated heterocycles. The lowest BCUT2D eigenvalue weighted by Crippen LogP contribution is -2.14. The van der Waals surface area contributed by atoms with Crippen molar-refractivity contribution >= 4 is 5.69 Å². The molecule has 0 atom stereocenters. The average Bonchev–Trinajstić information content (AvgIpc) is 2.17. The smallest absolute Gasteiger partial charge is 0.266 e. The Balaban J connectivity index is 2.18. The monoisotopic (exact) mass is 211 g/mol. The predicted octanol–water partition coefficient (Wildman–Crippen LogP) is 0.854. The Labute approximate surface area is 88.9 Å². The molecule has 1 heterocycles. The summed E-state index contributed by atoms with van der Waals surface area (Å²) >= 11 is 0. The summed E-state index contributed by atoms with van der Waals surface area (Å²) in [4.78, 5) is 10.9. The normalized spacial score (nSPS) is 10.6. The molecule has 2 N–H and O–H groups in total. The third kappa shape index (κ3) is 5.17. The van der Waals surface area contributed by atoms with E-state index in [4.69, 9.17) is 4.74 Å². The molecule has 84 valence electrons. The van der Waals surface area contributed by atoms with E-state index < -0.39 is 0 Å². The Morgan fingerprint density at radius 1 is 1.60 bits per heavy atom. The molecule has 0 spiro atoms. The first-order valence-electron chi connectivity index (χ1n) is 5.05. The van der Waals surface area contributed by atoms with E-state index in [1.165, 1.54) is 6.07 Å². The molecular weight excluding hydrogens is 194 g/mol. The predicted molar refractivity (Wildman–Crippen MR) is 59.0 cm³/mol. The van der Waals surface area contributed by atoms with Gasteiger partial charge in [-0.25, -0.2) is 5.10 Å². The fourth-order valence-corrected chi connectivity index (χ4v) is 1.06. The van der Waals surface area contributed by atoms with Crippen LogP contribution in [-0.2, 0) is 4.74 Å². The second kappa shape index (κ2) is 6.19. The summed E-state index contributed by atoms with van der Waals surface area (Å²) in [6.07, 6.45) is 1.57. The molecule has 0 fully saturated rings. The number of H-pyrrole nitrogens is 1. The summed E-state index contributed by atoms with van der Waals surface area (Å²) in [6, 6.07) is 1.47. The fourth-order valence-electron chi connectivity index (χ4n) is 1.06. The number of rotatable bonds is 6. The van der Waals surface area contributed by atoms with Gasteiger partial charge < -0.3 is 10.1 Å². The molecule has 0 aliphatic heterocycles. The van der Waals surface area contributed by atoms with E-state index in [1.54, 1.807) is 6.20 Å². The van der Waals surface area contributed by atoms with Crippen LogP contribution in [-0.4, -0.2) is 30.0 Å². The van der Waals surface area contributed by atoms with Crippen LogP contribution in [0, 0.1) is 5.92 Å². The first-order valence-corrected chi connectivity index (χ1v) is 5.05. The second-order valence-electron chi connectivity index (χ2n) is 3.73. The van der Waals surface area contributed by atoms with Gasteiger partial charge in [-0.05, 0) is 5.92 Å². The molecular formula is C10H17N3O2. The van der Waals surface area contributed by atoms with Crippen LogP contribution < -0.4 is 10.9 Å². The van der Waals surface area contributed by atoms with Crippen LogP contribution in [0.5, 0.6) is 0 Å². The molecule has 0 unspecified atom stereocenters. The molecule has 0 saturated carbocycles. The summed E-state index contributed by atoms with van der Waals surface area (Å²) in [5, 5.41) is 9.03. The molecule has 15 heavy (non-hydrogen) atoms. The van der Waals surface area contributed by atoms with Crippen LogP contribution in [0.1, 0.15) is 13.8 Å². The van der Waals surface area contributed by atoms with Gasteiger partial charge in [-0.2, -0.15) is 5.10 Å².